The van der Waals surface area contributed by atoms with Crippen LogP contribution < -0.4 is 4.72 Å². The normalized spacial score (nSPS) is 11.8. The minimum Gasteiger partial charge on any atom is -0.502 e. The first kappa shape index (κ1) is 15.9. The van der Waals surface area contributed by atoms with Gasteiger partial charge < -0.3 is 5.11 Å². The minimum atomic E-state index is -3.99. The summed E-state index contributed by atoms with van der Waals surface area (Å²) >= 11 is 0. The summed E-state index contributed by atoms with van der Waals surface area (Å²) in [6, 6.07) is 4.67. The van der Waals surface area contributed by atoms with Crippen molar-refractivity contribution in [3.63, 3.8) is 0 Å². The zero-order chi connectivity index (χ0) is 15.6. The molecular weight excluding hydrogens is 286 g/mol. The summed E-state index contributed by atoms with van der Waals surface area (Å²) < 4.78 is 26.1. The van der Waals surface area contributed by atoms with Crippen molar-refractivity contribution in [2.75, 3.05) is 6.54 Å². The molecule has 0 bridgehead atoms. The van der Waals surface area contributed by atoms with Gasteiger partial charge in [0.2, 0.25) is 10.0 Å². The number of nitriles is 1. The molecule has 2 N–H and O–H groups in total. The number of aromatic hydroxyl groups is 1. The van der Waals surface area contributed by atoms with E-state index in [0.29, 0.717) is 0 Å². The topological polar surface area (TPSA) is 133 Å². The summed E-state index contributed by atoms with van der Waals surface area (Å²) in [5.41, 5.74) is -1.61. The van der Waals surface area contributed by atoms with Crippen LogP contribution in [-0.4, -0.2) is 25.0 Å². The number of sulfonamides is 1. The summed E-state index contributed by atoms with van der Waals surface area (Å²) in [7, 11) is -3.99. The van der Waals surface area contributed by atoms with Crippen LogP contribution in [0.2, 0.25) is 0 Å². The van der Waals surface area contributed by atoms with Gasteiger partial charge in [-0.3, -0.25) is 10.1 Å². The number of nitrogens with one attached hydrogen (secondary N) is 1. The molecule has 0 atom stereocenters. The van der Waals surface area contributed by atoms with E-state index in [1.54, 1.807) is 13.8 Å². The van der Waals surface area contributed by atoms with Gasteiger partial charge >= 0.3 is 5.69 Å². The van der Waals surface area contributed by atoms with Crippen LogP contribution in [0.3, 0.4) is 0 Å². The van der Waals surface area contributed by atoms with Gasteiger partial charge in [-0.2, -0.15) is 5.26 Å². The fourth-order valence-electron chi connectivity index (χ4n) is 1.21. The van der Waals surface area contributed by atoms with Gasteiger partial charge in [-0.25, -0.2) is 13.1 Å². The van der Waals surface area contributed by atoms with E-state index in [1.165, 1.54) is 0 Å². The molecule has 0 aliphatic heterocycles. The van der Waals surface area contributed by atoms with Crippen LogP contribution in [0.5, 0.6) is 5.75 Å². The lowest BCUT2D eigenvalue weighted by Gasteiger charge is -2.15. The highest BCUT2D eigenvalue weighted by Crippen LogP contribution is 2.28. The summed E-state index contributed by atoms with van der Waals surface area (Å²) in [5.74, 6) is -0.619. The molecule has 0 aliphatic carbocycles. The summed E-state index contributed by atoms with van der Waals surface area (Å²) in [6.07, 6.45) is 0. The smallest absolute Gasteiger partial charge is 0.312 e. The van der Waals surface area contributed by atoms with Crippen molar-refractivity contribution in [2.24, 2.45) is 5.41 Å². The first-order valence-corrected chi connectivity index (χ1v) is 6.96. The van der Waals surface area contributed by atoms with Crippen molar-refractivity contribution in [2.45, 2.75) is 18.7 Å². The molecule has 1 rings (SSSR count). The second kappa shape index (κ2) is 5.44. The summed E-state index contributed by atoms with van der Waals surface area (Å²) in [4.78, 5) is 9.42. The molecule has 0 saturated carbocycles. The SMILES string of the molecule is CC(C)(C#N)CNS(=O)(=O)c1ccc(O)c([N+](=O)[O-])c1. The second-order valence-corrected chi connectivity index (χ2v) is 6.49. The molecule has 9 heteroatoms. The van der Waals surface area contributed by atoms with Gasteiger partial charge in [0, 0.05) is 12.6 Å². The first-order chi connectivity index (χ1) is 9.09. The van der Waals surface area contributed by atoms with Gasteiger partial charge in [-0.05, 0) is 26.0 Å². The Bertz CT molecular complexity index is 676. The molecule has 0 aliphatic rings. The van der Waals surface area contributed by atoms with Crippen molar-refractivity contribution < 1.29 is 18.4 Å². The van der Waals surface area contributed by atoms with E-state index in [2.05, 4.69) is 4.72 Å². The third-order valence-corrected chi connectivity index (χ3v) is 3.86. The van der Waals surface area contributed by atoms with E-state index in [9.17, 15) is 23.6 Å². The van der Waals surface area contributed by atoms with Gasteiger partial charge in [-0.1, -0.05) is 0 Å². The lowest BCUT2D eigenvalue weighted by Crippen LogP contribution is -2.33. The van der Waals surface area contributed by atoms with Crippen LogP contribution in [0, 0.1) is 26.9 Å². The zero-order valence-electron chi connectivity index (χ0n) is 10.8. The minimum absolute atomic E-state index is 0.138. The largest absolute Gasteiger partial charge is 0.502 e. The average Bonchev–Trinajstić information content (AvgIpc) is 2.36. The Morgan fingerprint density at radius 2 is 2.10 bits per heavy atom. The molecule has 1 aromatic rings. The van der Waals surface area contributed by atoms with Crippen LogP contribution in [0.15, 0.2) is 23.1 Å². The van der Waals surface area contributed by atoms with Gasteiger partial charge in [0.25, 0.3) is 0 Å². The molecular formula is C11H13N3O5S. The van der Waals surface area contributed by atoms with Gasteiger partial charge in [0.1, 0.15) is 0 Å². The standard InChI is InChI=1S/C11H13N3O5S/c1-11(2,6-12)7-13-20(18,19)8-3-4-10(15)9(5-8)14(16)17/h3-5,13,15H,7H2,1-2H3. The number of phenols is 1. The molecule has 0 unspecified atom stereocenters. The van der Waals surface area contributed by atoms with Crippen LogP contribution in [0.4, 0.5) is 5.69 Å². The van der Waals surface area contributed by atoms with Crippen molar-refractivity contribution in [1.29, 1.82) is 5.26 Å². The maximum absolute atomic E-state index is 12.0. The molecule has 20 heavy (non-hydrogen) atoms. The lowest BCUT2D eigenvalue weighted by atomic mass is 9.97. The predicted molar refractivity (Wildman–Crippen MR) is 69.3 cm³/mol. The fourth-order valence-corrected chi connectivity index (χ4v) is 2.45. The Labute approximate surface area is 115 Å². The van der Waals surface area contributed by atoms with Crippen LogP contribution in [0.25, 0.3) is 0 Å². The molecule has 0 amide bonds. The molecule has 0 fully saturated rings. The van der Waals surface area contributed by atoms with Gasteiger partial charge in [-0.15, -0.1) is 0 Å². The fraction of sp³-hybridized carbons (Fsp3) is 0.364. The van der Waals surface area contributed by atoms with Crippen LogP contribution >= 0.6 is 0 Å². The highest BCUT2D eigenvalue weighted by molar-refractivity contribution is 7.89. The molecule has 0 spiro atoms. The number of phenolic OH excluding ortho intramolecular Hbond substituents is 1. The van der Waals surface area contributed by atoms with Crippen molar-refractivity contribution in [3.05, 3.63) is 28.3 Å². The zero-order valence-corrected chi connectivity index (χ0v) is 11.6. The molecule has 0 saturated heterocycles. The Morgan fingerprint density at radius 1 is 1.50 bits per heavy atom. The Hall–Kier alpha value is -2.18. The maximum atomic E-state index is 12.0. The average molecular weight is 299 g/mol. The van der Waals surface area contributed by atoms with E-state index >= 15 is 0 Å². The number of nitro benzene ring substituents is 1. The molecule has 0 heterocycles. The third-order valence-electron chi connectivity index (χ3n) is 2.46. The van der Waals surface area contributed by atoms with Gasteiger partial charge in [0.15, 0.2) is 5.75 Å². The van der Waals surface area contributed by atoms with E-state index < -0.39 is 31.8 Å². The molecule has 8 nitrogen and oxygen atoms in total. The Kier molecular flexibility index (Phi) is 4.32. The van der Waals surface area contributed by atoms with Crippen molar-refractivity contribution >= 4 is 15.7 Å². The predicted octanol–water partition coefficient (Wildman–Crippen LogP) is 1.13. The molecule has 108 valence electrons. The monoisotopic (exact) mass is 299 g/mol. The van der Waals surface area contributed by atoms with E-state index in [0.717, 1.165) is 18.2 Å². The van der Waals surface area contributed by atoms with Crippen LogP contribution in [-0.2, 0) is 10.0 Å². The second-order valence-electron chi connectivity index (χ2n) is 4.73. The maximum Gasteiger partial charge on any atom is 0.312 e. The van der Waals surface area contributed by atoms with E-state index in [4.69, 9.17) is 5.26 Å². The number of benzene rings is 1. The number of nitro groups is 1. The number of hydrogen-bond acceptors (Lipinski definition) is 6. The molecule has 0 aromatic heterocycles. The van der Waals surface area contributed by atoms with E-state index in [-0.39, 0.29) is 11.4 Å². The Morgan fingerprint density at radius 3 is 2.60 bits per heavy atom. The number of hydrogen-bond donors (Lipinski definition) is 2. The highest BCUT2D eigenvalue weighted by atomic mass is 32.2. The summed E-state index contributed by atoms with van der Waals surface area (Å²) in [6.45, 7) is 2.96. The number of rotatable bonds is 5. The van der Waals surface area contributed by atoms with Crippen LogP contribution in [0.1, 0.15) is 13.8 Å². The number of nitrogens with zero attached hydrogens (tertiary/aromatic N) is 2. The lowest BCUT2D eigenvalue weighted by molar-refractivity contribution is -0.386. The van der Waals surface area contributed by atoms with Crippen molar-refractivity contribution in [1.82, 2.24) is 4.72 Å². The quantitative estimate of drug-likeness (QED) is 0.618. The van der Waals surface area contributed by atoms with Crippen molar-refractivity contribution in [3.8, 4) is 11.8 Å². The molecule has 1 aromatic carbocycles. The Balaban J connectivity index is 3.09. The third kappa shape index (κ3) is 3.66. The first-order valence-electron chi connectivity index (χ1n) is 5.47. The summed E-state index contributed by atoms with van der Waals surface area (Å²) in [5, 5.41) is 28.7. The van der Waals surface area contributed by atoms with E-state index in [1.807, 2.05) is 6.07 Å². The van der Waals surface area contributed by atoms with Gasteiger partial charge in [0.05, 0.1) is 21.3 Å². The highest BCUT2D eigenvalue weighted by Gasteiger charge is 2.24. The molecule has 0 radical (unpaired) electrons.